The molecule has 1 aromatic carbocycles. The van der Waals surface area contributed by atoms with E-state index >= 15 is 0 Å². The molecule has 0 aliphatic heterocycles. The van der Waals surface area contributed by atoms with Gasteiger partial charge in [0.2, 0.25) is 0 Å². The van der Waals surface area contributed by atoms with Crippen LogP contribution in [0.1, 0.15) is 11.3 Å². The minimum atomic E-state index is -0.254. The van der Waals surface area contributed by atoms with Gasteiger partial charge >= 0.3 is 0 Å². The van der Waals surface area contributed by atoms with Gasteiger partial charge in [0.05, 0.1) is 12.1 Å². The van der Waals surface area contributed by atoms with Gasteiger partial charge in [-0.05, 0) is 38.2 Å². The van der Waals surface area contributed by atoms with Crippen LogP contribution in [-0.4, -0.2) is 7.05 Å². The van der Waals surface area contributed by atoms with Gasteiger partial charge < -0.3 is 9.73 Å². The Morgan fingerprint density at radius 3 is 2.81 bits per heavy atom. The number of hydrogen-bond acceptors (Lipinski definition) is 2. The first-order chi connectivity index (χ1) is 7.70. The number of aryl methyl sites for hydroxylation is 1. The van der Waals surface area contributed by atoms with Crippen LogP contribution in [0.15, 0.2) is 34.7 Å². The molecular weight excluding hydrogens is 205 g/mol. The summed E-state index contributed by atoms with van der Waals surface area (Å²) in [5.74, 6) is 1.13. The lowest BCUT2D eigenvalue weighted by molar-refractivity contribution is 0.503. The zero-order chi connectivity index (χ0) is 11.5. The largest absolute Gasteiger partial charge is 0.460 e. The van der Waals surface area contributed by atoms with Crippen LogP contribution in [-0.2, 0) is 6.54 Å². The second-order valence-electron chi connectivity index (χ2n) is 3.78. The average Bonchev–Trinajstić information content (AvgIpc) is 2.71. The Bertz CT molecular complexity index is 490. The molecule has 1 aromatic heterocycles. The first-order valence-corrected chi connectivity index (χ1v) is 5.20. The third-order valence-electron chi connectivity index (χ3n) is 2.40. The van der Waals surface area contributed by atoms with E-state index in [1.165, 1.54) is 6.07 Å². The second kappa shape index (κ2) is 4.49. The Morgan fingerprint density at radius 1 is 1.25 bits per heavy atom. The number of furan rings is 1. The number of nitrogens with one attached hydrogen (secondary N) is 1. The Morgan fingerprint density at radius 2 is 2.06 bits per heavy atom. The van der Waals surface area contributed by atoms with Crippen molar-refractivity contribution in [2.45, 2.75) is 13.5 Å². The van der Waals surface area contributed by atoms with E-state index in [0.717, 1.165) is 11.3 Å². The van der Waals surface area contributed by atoms with Gasteiger partial charge in [-0.3, -0.25) is 0 Å². The van der Waals surface area contributed by atoms with E-state index in [4.69, 9.17) is 4.42 Å². The third kappa shape index (κ3) is 2.14. The Labute approximate surface area is 94.1 Å². The highest BCUT2D eigenvalue weighted by molar-refractivity contribution is 5.59. The van der Waals surface area contributed by atoms with Crippen molar-refractivity contribution in [1.82, 2.24) is 5.32 Å². The minimum absolute atomic E-state index is 0.254. The third-order valence-corrected chi connectivity index (χ3v) is 2.40. The first kappa shape index (κ1) is 10.9. The molecule has 0 bridgehead atoms. The zero-order valence-corrected chi connectivity index (χ0v) is 9.38. The quantitative estimate of drug-likeness (QED) is 0.858. The summed E-state index contributed by atoms with van der Waals surface area (Å²) in [5, 5.41) is 2.99. The van der Waals surface area contributed by atoms with Gasteiger partial charge in [-0.2, -0.15) is 0 Å². The summed E-state index contributed by atoms with van der Waals surface area (Å²) >= 11 is 0. The van der Waals surface area contributed by atoms with Crippen molar-refractivity contribution >= 4 is 0 Å². The summed E-state index contributed by atoms with van der Waals surface area (Å²) in [6, 6.07) is 8.65. The van der Waals surface area contributed by atoms with Crippen LogP contribution in [0.5, 0.6) is 0 Å². The van der Waals surface area contributed by atoms with E-state index in [-0.39, 0.29) is 5.82 Å². The summed E-state index contributed by atoms with van der Waals surface area (Å²) in [7, 11) is 1.84. The SMILES string of the molecule is CNCc1ccc(-c2cc(C)ccc2F)o1. The van der Waals surface area contributed by atoms with Crippen LogP contribution in [0.2, 0.25) is 0 Å². The molecule has 2 aromatic rings. The molecule has 16 heavy (non-hydrogen) atoms. The van der Waals surface area contributed by atoms with Gasteiger partial charge in [0, 0.05) is 0 Å². The number of halogens is 1. The van der Waals surface area contributed by atoms with Crippen LogP contribution in [0.25, 0.3) is 11.3 Å². The normalized spacial score (nSPS) is 10.7. The maximum absolute atomic E-state index is 13.6. The Kier molecular flexibility index (Phi) is 3.06. The highest BCUT2D eigenvalue weighted by atomic mass is 19.1. The highest BCUT2D eigenvalue weighted by Crippen LogP contribution is 2.25. The van der Waals surface area contributed by atoms with E-state index in [0.29, 0.717) is 17.9 Å². The van der Waals surface area contributed by atoms with Crippen molar-refractivity contribution in [3.8, 4) is 11.3 Å². The predicted molar refractivity (Wildman–Crippen MR) is 61.6 cm³/mol. The maximum Gasteiger partial charge on any atom is 0.137 e. The molecule has 1 heterocycles. The monoisotopic (exact) mass is 219 g/mol. The Balaban J connectivity index is 2.38. The second-order valence-corrected chi connectivity index (χ2v) is 3.78. The molecule has 84 valence electrons. The molecule has 0 amide bonds. The lowest BCUT2D eigenvalue weighted by atomic mass is 10.1. The molecule has 0 spiro atoms. The van der Waals surface area contributed by atoms with Crippen molar-refractivity contribution in [3.05, 3.63) is 47.5 Å². The van der Waals surface area contributed by atoms with E-state index in [1.54, 1.807) is 18.2 Å². The zero-order valence-electron chi connectivity index (χ0n) is 9.38. The molecule has 1 N–H and O–H groups in total. The molecule has 0 radical (unpaired) electrons. The molecule has 3 heteroatoms. The summed E-state index contributed by atoms with van der Waals surface area (Å²) in [4.78, 5) is 0. The minimum Gasteiger partial charge on any atom is -0.460 e. The fourth-order valence-corrected chi connectivity index (χ4v) is 1.62. The van der Waals surface area contributed by atoms with Crippen LogP contribution < -0.4 is 5.32 Å². The summed E-state index contributed by atoms with van der Waals surface area (Å²) < 4.78 is 19.1. The van der Waals surface area contributed by atoms with Crippen molar-refractivity contribution in [2.24, 2.45) is 0 Å². The first-order valence-electron chi connectivity index (χ1n) is 5.20. The molecule has 0 saturated carbocycles. The van der Waals surface area contributed by atoms with Crippen molar-refractivity contribution in [2.75, 3.05) is 7.05 Å². The molecule has 0 fully saturated rings. The molecule has 0 aliphatic carbocycles. The standard InChI is InChI=1S/C13H14FNO/c1-9-3-5-12(14)11(7-9)13-6-4-10(16-13)8-15-2/h3-7,15H,8H2,1-2H3. The smallest absolute Gasteiger partial charge is 0.137 e. The van der Waals surface area contributed by atoms with Gasteiger partial charge in [0.25, 0.3) is 0 Å². The lowest BCUT2D eigenvalue weighted by Gasteiger charge is -2.01. The highest BCUT2D eigenvalue weighted by Gasteiger charge is 2.09. The van der Waals surface area contributed by atoms with Gasteiger partial charge in [-0.1, -0.05) is 11.6 Å². The molecule has 0 unspecified atom stereocenters. The van der Waals surface area contributed by atoms with Crippen LogP contribution in [0, 0.1) is 12.7 Å². The Hall–Kier alpha value is -1.61. The van der Waals surface area contributed by atoms with Crippen molar-refractivity contribution < 1.29 is 8.81 Å². The van der Waals surface area contributed by atoms with E-state index in [9.17, 15) is 4.39 Å². The maximum atomic E-state index is 13.6. The van der Waals surface area contributed by atoms with Crippen LogP contribution in [0.3, 0.4) is 0 Å². The van der Waals surface area contributed by atoms with Crippen molar-refractivity contribution in [3.63, 3.8) is 0 Å². The van der Waals surface area contributed by atoms with Crippen LogP contribution in [0.4, 0.5) is 4.39 Å². The van der Waals surface area contributed by atoms with E-state index < -0.39 is 0 Å². The van der Waals surface area contributed by atoms with E-state index in [1.807, 2.05) is 20.0 Å². The summed E-state index contributed by atoms with van der Waals surface area (Å²) in [5.41, 5.74) is 1.53. The molecule has 0 aliphatic rings. The van der Waals surface area contributed by atoms with Gasteiger partial charge in [0.15, 0.2) is 0 Å². The number of benzene rings is 1. The van der Waals surface area contributed by atoms with Crippen LogP contribution >= 0.6 is 0 Å². The fraction of sp³-hybridized carbons (Fsp3) is 0.231. The molecule has 0 atom stereocenters. The average molecular weight is 219 g/mol. The number of rotatable bonds is 3. The molecule has 2 rings (SSSR count). The summed E-state index contributed by atoms with van der Waals surface area (Å²) in [6.07, 6.45) is 0. The topological polar surface area (TPSA) is 25.2 Å². The van der Waals surface area contributed by atoms with Gasteiger partial charge in [-0.15, -0.1) is 0 Å². The van der Waals surface area contributed by atoms with Gasteiger partial charge in [0.1, 0.15) is 17.3 Å². The molecule has 0 saturated heterocycles. The van der Waals surface area contributed by atoms with Gasteiger partial charge in [-0.25, -0.2) is 4.39 Å². The van der Waals surface area contributed by atoms with E-state index in [2.05, 4.69) is 5.32 Å². The predicted octanol–water partition coefficient (Wildman–Crippen LogP) is 3.11. The molecule has 2 nitrogen and oxygen atoms in total. The molecular formula is C13H14FNO. The number of hydrogen-bond donors (Lipinski definition) is 1. The fourth-order valence-electron chi connectivity index (χ4n) is 1.62. The summed E-state index contributed by atoms with van der Waals surface area (Å²) in [6.45, 7) is 2.58. The lowest BCUT2D eigenvalue weighted by Crippen LogP contribution is -2.03. The van der Waals surface area contributed by atoms with Crippen molar-refractivity contribution in [1.29, 1.82) is 0 Å².